The van der Waals surface area contributed by atoms with E-state index in [1.807, 2.05) is 38.1 Å². The number of hydrogen-bond acceptors (Lipinski definition) is 5. The van der Waals surface area contributed by atoms with Crippen molar-refractivity contribution < 1.29 is 14.6 Å². The quantitative estimate of drug-likeness (QED) is 0.815. The number of benzene rings is 2. The maximum atomic E-state index is 12.2. The third-order valence-corrected chi connectivity index (χ3v) is 4.44. The highest BCUT2D eigenvalue weighted by atomic mass is 32.2. The van der Waals surface area contributed by atoms with Crippen LogP contribution >= 0.6 is 11.8 Å². The van der Waals surface area contributed by atoms with Crippen molar-refractivity contribution in [1.82, 2.24) is 5.32 Å². The van der Waals surface area contributed by atoms with Gasteiger partial charge < -0.3 is 15.2 Å². The van der Waals surface area contributed by atoms with Gasteiger partial charge in [-0.25, -0.2) is 4.99 Å². The van der Waals surface area contributed by atoms with Crippen LogP contribution in [0.5, 0.6) is 11.5 Å². The number of aliphatic imine (C=N–C) groups is 1. The highest BCUT2D eigenvalue weighted by molar-refractivity contribution is 8.18. The van der Waals surface area contributed by atoms with Gasteiger partial charge in [0.2, 0.25) is 0 Å². The molecule has 25 heavy (non-hydrogen) atoms. The molecule has 1 saturated heterocycles. The van der Waals surface area contributed by atoms with Crippen LogP contribution < -0.4 is 10.1 Å². The van der Waals surface area contributed by atoms with Gasteiger partial charge in [0.15, 0.2) is 16.7 Å². The SMILES string of the molecule is CCOc1cccc(/C=C2/SC(=Nc3ccc(C)cc3)NC2=O)c1O. The minimum absolute atomic E-state index is 0.0224. The van der Waals surface area contributed by atoms with E-state index in [0.29, 0.717) is 28.0 Å². The number of nitrogens with one attached hydrogen (secondary N) is 1. The Morgan fingerprint density at radius 3 is 2.72 bits per heavy atom. The first-order valence-corrected chi connectivity index (χ1v) is 8.69. The molecular formula is C19H18N2O3S. The Labute approximate surface area is 150 Å². The molecule has 0 aliphatic carbocycles. The smallest absolute Gasteiger partial charge is 0.264 e. The fourth-order valence-electron chi connectivity index (χ4n) is 2.29. The van der Waals surface area contributed by atoms with Gasteiger partial charge >= 0.3 is 0 Å². The number of phenols is 1. The molecule has 2 N–H and O–H groups in total. The van der Waals surface area contributed by atoms with Crippen LogP contribution in [0.3, 0.4) is 0 Å². The Morgan fingerprint density at radius 2 is 2.00 bits per heavy atom. The van der Waals surface area contributed by atoms with Crippen molar-refractivity contribution in [2.24, 2.45) is 4.99 Å². The molecule has 0 saturated carbocycles. The molecule has 1 fully saturated rings. The largest absolute Gasteiger partial charge is 0.504 e. The Kier molecular flexibility index (Phi) is 5.09. The second-order valence-electron chi connectivity index (χ2n) is 5.44. The van der Waals surface area contributed by atoms with E-state index in [2.05, 4.69) is 10.3 Å². The number of rotatable bonds is 4. The Hall–Kier alpha value is -2.73. The van der Waals surface area contributed by atoms with Crippen molar-refractivity contribution >= 4 is 34.6 Å². The zero-order chi connectivity index (χ0) is 17.8. The third kappa shape index (κ3) is 4.03. The number of thioether (sulfide) groups is 1. The molecule has 1 aliphatic heterocycles. The van der Waals surface area contributed by atoms with Gasteiger partial charge in [0.05, 0.1) is 17.2 Å². The number of aromatic hydroxyl groups is 1. The molecule has 128 valence electrons. The number of phenolic OH excluding ortho intramolecular Hbond substituents is 1. The fraction of sp³-hybridized carbons (Fsp3) is 0.158. The molecule has 0 unspecified atom stereocenters. The van der Waals surface area contributed by atoms with Crippen LogP contribution in [0.4, 0.5) is 5.69 Å². The highest BCUT2D eigenvalue weighted by Gasteiger charge is 2.24. The molecule has 3 rings (SSSR count). The van der Waals surface area contributed by atoms with Crippen LogP contribution in [0.2, 0.25) is 0 Å². The first kappa shape index (κ1) is 17.1. The maximum Gasteiger partial charge on any atom is 0.264 e. The van der Waals surface area contributed by atoms with E-state index >= 15 is 0 Å². The third-order valence-electron chi connectivity index (χ3n) is 3.53. The predicted molar refractivity (Wildman–Crippen MR) is 101 cm³/mol. The molecule has 6 heteroatoms. The molecule has 0 bridgehead atoms. The minimum atomic E-state index is -0.239. The van der Waals surface area contributed by atoms with Crippen LogP contribution in [0.15, 0.2) is 52.4 Å². The molecule has 0 radical (unpaired) electrons. The summed E-state index contributed by atoms with van der Waals surface area (Å²) in [6.45, 7) is 4.31. The lowest BCUT2D eigenvalue weighted by atomic mass is 10.1. The van der Waals surface area contributed by atoms with E-state index in [0.717, 1.165) is 11.3 Å². The summed E-state index contributed by atoms with van der Waals surface area (Å²) in [5.41, 5.74) is 2.45. The van der Waals surface area contributed by atoms with E-state index in [9.17, 15) is 9.90 Å². The van der Waals surface area contributed by atoms with Gasteiger partial charge in [-0.2, -0.15) is 0 Å². The van der Waals surface area contributed by atoms with Crippen molar-refractivity contribution in [3.05, 3.63) is 58.5 Å². The average Bonchev–Trinajstić information content (AvgIpc) is 2.93. The van der Waals surface area contributed by atoms with Crippen molar-refractivity contribution in [2.45, 2.75) is 13.8 Å². The van der Waals surface area contributed by atoms with E-state index in [1.54, 1.807) is 24.3 Å². The molecule has 0 atom stereocenters. The molecule has 1 heterocycles. The number of carbonyl (C=O) groups excluding carboxylic acids is 1. The van der Waals surface area contributed by atoms with Gasteiger partial charge in [0.1, 0.15) is 0 Å². The number of carbonyl (C=O) groups is 1. The van der Waals surface area contributed by atoms with Gasteiger partial charge in [0.25, 0.3) is 5.91 Å². The average molecular weight is 354 g/mol. The van der Waals surface area contributed by atoms with Gasteiger partial charge in [-0.15, -0.1) is 0 Å². The summed E-state index contributed by atoms with van der Waals surface area (Å²) >= 11 is 1.24. The summed E-state index contributed by atoms with van der Waals surface area (Å²) in [5.74, 6) is 0.181. The predicted octanol–water partition coefficient (Wildman–Crippen LogP) is 3.99. The lowest BCUT2D eigenvalue weighted by Crippen LogP contribution is -2.19. The van der Waals surface area contributed by atoms with Gasteiger partial charge in [-0.1, -0.05) is 29.8 Å². The highest BCUT2D eigenvalue weighted by Crippen LogP contribution is 2.34. The molecule has 2 aromatic carbocycles. The maximum absolute atomic E-state index is 12.2. The van der Waals surface area contributed by atoms with E-state index in [1.165, 1.54) is 11.8 Å². The molecule has 5 nitrogen and oxygen atoms in total. The second-order valence-corrected chi connectivity index (χ2v) is 6.47. The van der Waals surface area contributed by atoms with Crippen LogP contribution in [-0.4, -0.2) is 22.8 Å². The van der Waals surface area contributed by atoms with E-state index < -0.39 is 0 Å². The Bertz CT molecular complexity index is 857. The van der Waals surface area contributed by atoms with Crippen LogP contribution in [-0.2, 0) is 4.79 Å². The van der Waals surface area contributed by atoms with Crippen molar-refractivity contribution in [3.8, 4) is 11.5 Å². The number of nitrogens with zero attached hydrogens (tertiary/aromatic N) is 1. The van der Waals surface area contributed by atoms with Crippen LogP contribution in [0.1, 0.15) is 18.1 Å². The fourth-order valence-corrected chi connectivity index (χ4v) is 3.12. The summed E-state index contributed by atoms with van der Waals surface area (Å²) in [6.07, 6.45) is 1.63. The monoisotopic (exact) mass is 354 g/mol. The molecule has 0 aromatic heterocycles. The summed E-state index contributed by atoms with van der Waals surface area (Å²) in [5, 5.41) is 13.5. The summed E-state index contributed by atoms with van der Waals surface area (Å²) < 4.78 is 5.37. The Balaban J connectivity index is 1.84. The number of amides is 1. The summed E-state index contributed by atoms with van der Waals surface area (Å²) in [6, 6.07) is 12.9. The first-order chi connectivity index (χ1) is 12.1. The standard InChI is InChI=1S/C19H18N2O3S/c1-3-24-15-6-4-5-13(17(15)22)11-16-18(23)21-19(25-16)20-14-9-7-12(2)8-10-14/h4-11,22H,3H2,1-2H3,(H,20,21,23)/b16-11+. The van der Waals surface area contributed by atoms with Gasteiger partial charge in [-0.3, -0.25) is 4.79 Å². The molecule has 1 aliphatic rings. The molecular weight excluding hydrogens is 336 g/mol. The Morgan fingerprint density at radius 1 is 1.24 bits per heavy atom. The summed E-state index contributed by atoms with van der Waals surface area (Å²) in [7, 11) is 0. The lowest BCUT2D eigenvalue weighted by Gasteiger charge is -2.07. The van der Waals surface area contributed by atoms with Crippen molar-refractivity contribution in [1.29, 1.82) is 0 Å². The number of para-hydroxylation sites is 1. The number of ether oxygens (including phenoxy) is 1. The summed E-state index contributed by atoms with van der Waals surface area (Å²) in [4.78, 5) is 17.1. The van der Waals surface area contributed by atoms with Crippen LogP contribution in [0.25, 0.3) is 6.08 Å². The second kappa shape index (κ2) is 7.44. The molecule has 0 spiro atoms. The van der Waals surface area contributed by atoms with Gasteiger partial charge in [0, 0.05) is 5.56 Å². The van der Waals surface area contributed by atoms with Gasteiger partial charge in [-0.05, 0) is 49.9 Å². The normalized spacial score (nSPS) is 17.1. The number of hydrogen-bond donors (Lipinski definition) is 2. The molecule has 1 amide bonds. The topological polar surface area (TPSA) is 70.9 Å². The van der Waals surface area contributed by atoms with E-state index in [-0.39, 0.29) is 11.7 Å². The van der Waals surface area contributed by atoms with Crippen molar-refractivity contribution in [2.75, 3.05) is 6.61 Å². The van der Waals surface area contributed by atoms with Crippen molar-refractivity contribution in [3.63, 3.8) is 0 Å². The molecule has 2 aromatic rings. The van der Waals surface area contributed by atoms with Crippen LogP contribution in [0, 0.1) is 6.92 Å². The number of aryl methyl sites for hydroxylation is 1. The zero-order valence-electron chi connectivity index (χ0n) is 13.9. The minimum Gasteiger partial charge on any atom is -0.504 e. The van der Waals surface area contributed by atoms with E-state index in [4.69, 9.17) is 4.74 Å². The lowest BCUT2D eigenvalue weighted by molar-refractivity contribution is -0.115. The first-order valence-electron chi connectivity index (χ1n) is 7.88. The zero-order valence-corrected chi connectivity index (χ0v) is 14.8. The number of amidine groups is 1.